The van der Waals surface area contributed by atoms with Gasteiger partial charge in [-0.3, -0.25) is 4.68 Å². The van der Waals surface area contributed by atoms with Crippen LogP contribution in [0.25, 0.3) is 17.2 Å². The second-order valence-corrected chi connectivity index (χ2v) is 7.05. The Labute approximate surface area is 148 Å². The number of nitrogens with zero attached hydrogens (tertiary/aromatic N) is 5. The van der Waals surface area contributed by atoms with E-state index < -0.39 is 0 Å². The Hall–Kier alpha value is -2.43. The number of aromatic nitrogens is 5. The van der Waals surface area contributed by atoms with E-state index in [0.29, 0.717) is 5.92 Å². The number of benzene rings is 1. The fourth-order valence-electron chi connectivity index (χ4n) is 3.28. The Balaban J connectivity index is 1.83. The topological polar surface area (TPSA) is 48.5 Å². The molecular formula is C20H25N5. The molecule has 25 heavy (non-hydrogen) atoms. The third kappa shape index (κ3) is 2.99. The van der Waals surface area contributed by atoms with Crippen LogP contribution in [0.4, 0.5) is 0 Å². The van der Waals surface area contributed by atoms with E-state index in [1.807, 2.05) is 4.68 Å². The molecule has 1 unspecified atom stereocenters. The van der Waals surface area contributed by atoms with Crippen LogP contribution in [0.5, 0.6) is 0 Å². The van der Waals surface area contributed by atoms with Gasteiger partial charge in [-0.2, -0.15) is 10.2 Å². The first kappa shape index (κ1) is 16.1. The Morgan fingerprint density at radius 1 is 1.12 bits per heavy atom. The van der Waals surface area contributed by atoms with E-state index >= 15 is 0 Å². The largest absolute Gasteiger partial charge is 0.269 e. The van der Waals surface area contributed by atoms with Crippen LogP contribution in [0.1, 0.15) is 56.1 Å². The van der Waals surface area contributed by atoms with Crippen LogP contribution >= 0.6 is 0 Å². The lowest BCUT2D eigenvalue weighted by Crippen LogP contribution is -2.10. The van der Waals surface area contributed by atoms with Crippen LogP contribution in [0.2, 0.25) is 0 Å². The number of hydrogen-bond acceptors (Lipinski definition) is 3. The van der Waals surface area contributed by atoms with E-state index in [-0.39, 0.29) is 0 Å². The lowest BCUT2D eigenvalue weighted by Gasteiger charge is -2.11. The molecule has 0 bridgehead atoms. The maximum atomic E-state index is 4.87. The zero-order valence-electron chi connectivity index (χ0n) is 15.2. The van der Waals surface area contributed by atoms with E-state index in [9.17, 15) is 0 Å². The van der Waals surface area contributed by atoms with E-state index in [2.05, 4.69) is 55.8 Å². The van der Waals surface area contributed by atoms with Gasteiger partial charge in [0.25, 0.3) is 0 Å². The van der Waals surface area contributed by atoms with Crippen molar-refractivity contribution in [3.8, 4) is 17.2 Å². The van der Waals surface area contributed by atoms with Gasteiger partial charge in [0.15, 0.2) is 11.6 Å². The van der Waals surface area contributed by atoms with Gasteiger partial charge < -0.3 is 0 Å². The molecule has 1 aromatic carbocycles. The highest BCUT2D eigenvalue weighted by atomic mass is 15.4. The van der Waals surface area contributed by atoms with Crippen molar-refractivity contribution in [3.05, 3.63) is 47.4 Å². The molecule has 0 amide bonds. The third-order valence-electron chi connectivity index (χ3n) is 5.10. The molecule has 1 aliphatic heterocycles. The highest BCUT2D eigenvalue weighted by Crippen LogP contribution is 2.26. The van der Waals surface area contributed by atoms with E-state index in [1.165, 1.54) is 24.1 Å². The Morgan fingerprint density at radius 3 is 2.64 bits per heavy atom. The molecule has 1 atom stereocenters. The molecule has 0 N–H and O–H groups in total. The summed E-state index contributed by atoms with van der Waals surface area (Å²) in [5.74, 6) is 2.08. The zero-order valence-corrected chi connectivity index (χ0v) is 15.2. The molecule has 0 saturated heterocycles. The van der Waals surface area contributed by atoms with Gasteiger partial charge in [0, 0.05) is 18.2 Å². The summed E-state index contributed by atoms with van der Waals surface area (Å²) in [6, 6.07) is 10.6. The smallest absolute Gasteiger partial charge is 0.183 e. The van der Waals surface area contributed by atoms with Gasteiger partial charge in [-0.1, -0.05) is 31.5 Å². The van der Waals surface area contributed by atoms with Crippen LogP contribution in [-0.2, 0) is 13.0 Å². The minimum atomic E-state index is 0.336. The average Bonchev–Trinajstić information content (AvgIpc) is 3.25. The van der Waals surface area contributed by atoms with Gasteiger partial charge in [0.1, 0.15) is 5.69 Å². The van der Waals surface area contributed by atoms with Crippen LogP contribution in [0, 0.1) is 6.92 Å². The second-order valence-electron chi connectivity index (χ2n) is 7.05. The molecule has 0 fully saturated rings. The lowest BCUT2D eigenvalue weighted by atomic mass is 10.1. The lowest BCUT2D eigenvalue weighted by molar-refractivity contribution is 0.487. The Morgan fingerprint density at radius 2 is 1.92 bits per heavy atom. The standard InChI is InChI=1S/C20H25N5/c1-4-15(3)19-21-20(18-13-17-7-5-6-12-24(17)22-18)25(23-19)16-10-8-14(2)9-11-16/h8-11,13,15H,4-7,12H2,1-3H3. The maximum absolute atomic E-state index is 4.87. The van der Waals surface area contributed by atoms with E-state index in [4.69, 9.17) is 15.2 Å². The predicted octanol–water partition coefficient (Wildman–Crippen LogP) is 4.29. The van der Waals surface area contributed by atoms with Gasteiger partial charge in [-0.25, -0.2) is 9.67 Å². The fraction of sp³-hybridized carbons (Fsp3) is 0.450. The SMILES string of the molecule is CCC(C)c1nc(-c2cc3n(n2)CCCC3)n(-c2ccc(C)cc2)n1. The van der Waals surface area contributed by atoms with Gasteiger partial charge in [-0.15, -0.1) is 0 Å². The van der Waals surface area contributed by atoms with Crippen molar-refractivity contribution in [3.63, 3.8) is 0 Å². The molecular weight excluding hydrogens is 310 g/mol. The van der Waals surface area contributed by atoms with Crippen molar-refractivity contribution in [2.24, 2.45) is 0 Å². The van der Waals surface area contributed by atoms with Gasteiger partial charge in [0.2, 0.25) is 0 Å². The molecule has 5 nitrogen and oxygen atoms in total. The van der Waals surface area contributed by atoms with Crippen LogP contribution < -0.4 is 0 Å². The summed E-state index contributed by atoms with van der Waals surface area (Å²) in [5, 5.41) is 9.64. The second kappa shape index (κ2) is 6.47. The summed E-state index contributed by atoms with van der Waals surface area (Å²) >= 11 is 0. The van der Waals surface area contributed by atoms with E-state index in [0.717, 1.165) is 42.4 Å². The molecule has 0 saturated carbocycles. The molecule has 1 aliphatic rings. The van der Waals surface area contributed by atoms with Gasteiger partial charge >= 0.3 is 0 Å². The summed E-state index contributed by atoms with van der Waals surface area (Å²) in [6.45, 7) is 7.45. The van der Waals surface area contributed by atoms with Crippen LogP contribution in [0.3, 0.4) is 0 Å². The summed E-state index contributed by atoms with van der Waals surface area (Å²) in [6.07, 6.45) is 4.58. The van der Waals surface area contributed by atoms with Gasteiger partial charge in [-0.05, 0) is 50.8 Å². The summed E-state index contributed by atoms with van der Waals surface area (Å²) in [5.41, 5.74) is 4.52. The Bertz CT molecular complexity index is 849. The molecule has 0 aliphatic carbocycles. The van der Waals surface area contributed by atoms with Crippen molar-refractivity contribution in [1.29, 1.82) is 0 Å². The summed E-state index contributed by atoms with van der Waals surface area (Å²) in [4.78, 5) is 4.87. The first-order chi connectivity index (χ1) is 12.2. The zero-order chi connectivity index (χ0) is 17.4. The molecule has 0 radical (unpaired) electrons. The average molecular weight is 335 g/mol. The highest BCUT2D eigenvalue weighted by molar-refractivity contribution is 5.54. The normalized spacial score (nSPS) is 15.2. The van der Waals surface area contributed by atoms with Crippen LogP contribution in [-0.4, -0.2) is 24.5 Å². The molecule has 3 aromatic rings. The molecule has 130 valence electrons. The van der Waals surface area contributed by atoms with Crippen molar-refractivity contribution in [2.75, 3.05) is 0 Å². The summed E-state index contributed by atoms with van der Waals surface area (Å²) in [7, 11) is 0. The van der Waals surface area contributed by atoms with Crippen molar-refractivity contribution in [2.45, 2.75) is 58.9 Å². The number of hydrogen-bond donors (Lipinski definition) is 0. The molecule has 0 spiro atoms. The predicted molar refractivity (Wildman–Crippen MR) is 99.0 cm³/mol. The quantitative estimate of drug-likeness (QED) is 0.714. The van der Waals surface area contributed by atoms with E-state index in [1.54, 1.807) is 0 Å². The minimum absolute atomic E-state index is 0.336. The third-order valence-corrected chi connectivity index (χ3v) is 5.10. The number of rotatable bonds is 4. The summed E-state index contributed by atoms with van der Waals surface area (Å²) < 4.78 is 4.09. The first-order valence-electron chi connectivity index (χ1n) is 9.27. The molecule has 2 aromatic heterocycles. The van der Waals surface area contributed by atoms with Gasteiger partial charge in [0.05, 0.1) is 5.69 Å². The number of aryl methyl sites for hydroxylation is 3. The fourth-order valence-corrected chi connectivity index (χ4v) is 3.28. The van der Waals surface area contributed by atoms with Crippen molar-refractivity contribution < 1.29 is 0 Å². The maximum Gasteiger partial charge on any atom is 0.183 e. The monoisotopic (exact) mass is 335 g/mol. The van der Waals surface area contributed by atoms with Crippen molar-refractivity contribution >= 4 is 0 Å². The van der Waals surface area contributed by atoms with Crippen LogP contribution in [0.15, 0.2) is 30.3 Å². The Kier molecular flexibility index (Phi) is 4.15. The van der Waals surface area contributed by atoms with Crippen molar-refractivity contribution in [1.82, 2.24) is 24.5 Å². The number of fused-ring (bicyclic) bond motifs is 1. The first-order valence-corrected chi connectivity index (χ1v) is 9.27. The minimum Gasteiger partial charge on any atom is -0.269 e. The molecule has 4 rings (SSSR count). The molecule has 5 heteroatoms. The molecule has 3 heterocycles. The highest BCUT2D eigenvalue weighted by Gasteiger charge is 2.21.